The van der Waals surface area contributed by atoms with Gasteiger partial charge in [-0.25, -0.2) is 4.98 Å². The number of hydrogen-bond donors (Lipinski definition) is 1. The van der Waals surface area contributed by atoms with Crippen LogP contribution in [-0.4, -0.2) is 10.9 Å². The summed E-state index contributed by atoms with van der Waals surface area (Å²) in [6, 6.07) is 3.72. The van der Waals surface area contributed by atoms with Crippen LogP contribution in [-0.2, 0) is 4.79 Å². The summed E-state index contributed by atoms with van der Waals surface area (Å²) in [5.74, 6) is 0.601. The quantitative estimate of drug-likeness (QED) is 0.752. The van der Waals surface area contributed by atoms with Gasteiger partial charge in [-0.15, -0.1) is 0 Å². The molecule has 0 bridgehead atoms. The van der Waals surface area contributed by atoms with Crippen LogP contribution in [0.25, 0.3) is 0 Å². The van der Waals surface area contributed by atoms with Gasteiger partial charge < -0.3 is 5.32 Å². The van der Waals surface area contributed by atoms with E-state index in [0.717, 1.165) is 5.56 Å². The normalized spacial score (nSPS) is 10.2. The predicted octanol–water partition coefficient (Wildman–Crippen LogP) is 1.98. The van der Waals surface area contributed by atoms with Gasteiger partial charge >= 0.3 is 0 Å². The van der Waals surface area contributed by atoms with E-state index < -0.39 is 0 Å². The molecule has 1 N–H and O–H groups in total. The topological polar surface area (TPSA) is 42.0 Å². The fourth-order valence-electron chi connectivity index (χ4n) is 0.812. The van der Waals surface area contributed by atoms with Gasteiger partial charge in [-0.2, -0.15) is 0 Å². The summed E-state index contributed by atoms with van der Waals surface area (Å²) >= 11 is 0. The lowest BCUT2D eigenvalue weighted by Gasteiger charge is -2.06. The number of aryl methyl sites for hydroxylation is 1. The second-order valence-electron chi connectivity index (χ2n) is 3.36. The van der Waals surface area contributed by atoms with E-state index in [1.54, 1.807) is 12.3 Å². The number of anilines is 1. The van der Waals surface area contributed by atoms with E-state index in [2.05, 4.69) is 10.3 Å². The molecule has 0 fully saturated rings. The standard InChI is InChI=1S/C10H14N2O/c1-7(2)10(13)12-9-5-4-8(3)6-11-9/h4-7H,1-3H3,(H,11,12,13). The van der Waals surface area contributed by atoms with Crippen molar-refractivity contribution in [3.63, 3.8) is 0 Å². The van der Waals surface area contributed by atoms with Gasteiger partial charge in [0.15, 0.2) is 0 Å². The van der Waals surface area contributed by atoms with Crippen LogP contribution in [0.1, 0.15) is 19.4 Å². The van der Waals surface area contributed by atoms with Gasteiger partial charge in [-0.3, -0.25) is 4.79 Å². The summed E-state index contributed by atoms with van der Waals surface area (Å²) in [5, 5.41) is 2.72. The molecule has 0 aromatic carbocycles. The minimum atomic E-state index is -0.0110. The van der Waals surface area contributed by atoms with Gasteiger partial charge in [0.2, 0.25) is 5.91 Å². The van der Waals surface area contributed by atoms with Crippen molar-refractivity contribution in [1.82, 2.24) is 4.98 Å². The number of carbonyl (C=O) groups excluding carboxylic acids is 1. The van der Waals surface area contributed by atoms with Crippen molar-refractivity contribution in [2.24, 2.45) is 5.92 Å². The van der Waals surface area contributed by atoms with Gasteiger partial charge in [-0.05, 0) is 18.6 Å². The molecule has 0 aliphatic heterocycles. The number of nitrogens with one attached hydrogen (secondary N) is 1. The highest BCUT2D eigenvalue weighted by Crippen LogP contribution is 2.05. The molecule has 0 saturated heterocycles. The van der Waals surface area contributed by atoms with Crippen LogP contribution >= 0.6 is 0 Å². The number of rotatable bonds is 2. The number of pyridine rings is 1. The molecule has 0 aliphatic carbocycles. The third kappa shape index (κ3) is 2.86. The molecule has 13 heavy (non-hydrogen) atoms. The van der Waals surface area contributed by atoms with Gasteiger partial charge in [0.1, 0.15) is 5.82 Å². The average molecular weight is 178 g/mol. The van der Waals surface area contributed by atoms with Crippen molar-refractivity contribution in [3.8, 4) is 0 Å². The van der Waals surface area contributed by atoms with E-state index in [1.807, 2.05) is 26.8 Å². The third-order valence-corrected chi connectivity index (χ3v) is 1.69. The van der Waals surface area contributed by atoms with E-state index in [4.69, 9.17) is 0 Å². The molecule has 0 radical (unpaired) electrons. The molecule has 0 unspecified atom stereocenters. The SMILES string of the molecule is Cc1ccc(NC(=O)C(C)C)nc1. The Kier molecular flexibility index (Phi) is 3.01. The highest BCUT2D eigenvalue weighted by molar-refractivity contribution is 5.91. The van der Waals surface area contributed by atoms with Crippen LogP contribution in [0.15, 0.2) is 18.3 Å². The smallest absolute Gasteiger partial charge is 0.228 e. The lowest BCUT2D eigenvalue weighted by atomic mass is 10.2. The number of carbonyl (C=O) groups is 1. The monoisotopic (exact) mass is 178 g/mol. The molecule has 1 rings (SSSR count). The Morgan fingerprint density at radius 1 is 1.46 bits per heavy atom. The molecule has 3 heteroatoms. The number of amides is 1. The Morgan fingerprint density at radius 3 is 2.62 bits per heavy atom. The molecule has 1 aromatic rings. The van der Waals surface area contributed by atoms with Crippen molar-refractivity contribution in [1.29, 1.82) is 0 Å². The summed E-state index contributed by atoms with van der Waals surface area (Å²) in [4.78, 5) is 15.3. The molecule has 1 aromatic heterocycles. The van der Waals surface area contributed by atoms with E-state index in [1.165, 1.54) is 0 Å². The highest BCUT2D eigenvalue weighted by Gasteiger charge is 2.06. The van der Waals surface area contributed by atoms with E-state index in [-0.39, 0.29) is 11.8 Å². The largest absolute Gasteiger partial charge is 0.310 e. The maximum atomic E-state index is 11.2. The lowest BCUT2D eigenvalue weighted by molar-refractivity contribution is -0.118. The minimum absolute atomic E-state index is 0.00338. The Bertz CT molecular complexity index is 290. The molecule has 1 heterocycles. The molecule has 0 atom stereocenters. The summed E-state index contributed by atoms with van der Waals surface area (Å²) in [6.45, 7) is 5.66. The zero-order valence-corrected chi connectivity index (χ0v) is 8.16. The van der Waals surface area contributed by atoms with E-state index in [0.29, 0.717) is 5.82 Å². The molecule has 1 amide bonds. The fraction of sp³-hybridized carbons (Fsp3) is 0.400. The Hall–Kier alpha value is -1.38. The second-order valence-corrected chi connectivity index (χ2v) is 3.36. The van der Waals surface area contributed by atoms with Crippen LogP contribution in [0.5, 0.6) is 0 Å². The summed E-state index contributed by atoms with van der Waals surface area (Å²) in [7, 11) is 0. The summed E-state index contributed by atoms with van der Waals surface area (Å²) < 4.78 is 0. The Labute approximate surface area is 78.2 Å². The van der Waals surface area contributed by atoms with E-state index in [9.17, 15) is 4.79 Å². The zero-order valence-electron chi connectivity index (χ0n) is 8.16. The molecule has 70 valence electrons. The number of aromatic nitrogens is 1. The molecule has 0 spiro atoms. The van der Waals surface area contributed by atoms with Crippen LogP contribution in [0.2, 0.25) is 0 Å². The van der Waals surface area contributed by atoms with Gasteiger partial charge in [-0.1, -0.05) is 19.9 Å². The van der Waals surface area contributed by atoms with Gasteiger partial charge in [0.25, 0.3) is 0 Å². The lowest BCUT2D eigenvalue weighted by Crippen LogP contribution is -2.18. The minimum Gasteiger partial charge on any atom is -0.310 e. The average Bonchev–Trinajstić information content (AvgIpc) is 2.08. The first-order valence-corrected chi connectivity index (χ1v) is 4.33. The second kappa shape index (κ2) is 4.03. The molecule has 0 aliphatic rings. The van der Waals surface area contributed by atoms with Gasteiger partial charge in [0.05, 0.1) is 0 Å². The van der Waals surface area contributed by atoms with Crippen molar-refractivity contribution < 1.29 is 4.79 Å². The number of nitrogens with zero attached hydrogens (tertiary/aromatic N) is 1. The van der Waals surface area contributed by atoms with E-state index >= 15 is 0 Å². The van der Waals surface area contributed by atoms with Crippen molar-refractivity contribution in [2.75, 3.05) is 5.32 Å². The predicted molar refractivity (Wildman–Crippen MR) is 52.4 cm³/mol. The first-order chi connectivity index (χ1) is 6.09. The summed E-state index contributed by atoms with van der Waals surface area (Å²) in [6.07, 6.45) is 1.73. The molecule has 3 nitrogen and oxygen atoms in total. The maximum Gasteiger partial charge on any atom is 0.228 e. The molecular weight excluding hydrogens is 164 g/mol. The third-order valence-electron chi connectivity index (χ3n) is 1.69. The zero-order chi connectivity index (χ0) is 9.84. The van der Waals surface area contributed by atoms with Crippen LogP contribution in [0, 0.1) is 12.8 Å². The Morgan fingerprint density at radius 2 is 2.15 bits per heavy atom. The van der Waals surface area contributed by atoms with Crippen molar-refractivity contribution in [3.05, 3.63) is 23.9 Å². The van der Waals surface area contributed by atoms with Crippen LogP contribution in [0.4, 0.5) is 5.82 Å². The fourth-order valence-corrected chi connectivity index (χ4v) is 0.812. The van der Waals surface area contributed by atoms with Crippen LogP contribution < -0.4 is 5.32 Å². The number of hydrogen-bond acceptors (Lipinski definition) is 2. The van der Waals surface area contributed by atoms with Crippen molar-refractivity contribution in [2.45, 2.75) is 20.8 Å². The molecule has 0 saturated carbocycles. The van der Waals surface area contributed by atoms with Crippen LogP contribution in [0.3, 0.4) is 0 Å². The first kappa shape index (κ1) is 9.71. The first-order valence-electron chi connectivity index (χ1n) is 4.33. The highest BCUT2D eigenvalue weighted by atomic mass is 16.1. The summed E-state index contributed by atoms with van der Waals surface area (Å²) in [5.41, 5.74) is 1.09. The molecular formula is C10H14N2O. The van der Waals surface area contributed by atoms with Gasteiger partial charge in [0, 0.05) is 12.1 Å². The van der Waals surface area contributed by atoms with Crippen molar-refractivity contribution >= 4 is 11.7 Å². The Balaban J connectivity index is 2.65. The maximum absolute atomic E-state index is 11.2.